The van der Waals surface area contributed by atoms with Gasteiger partial charge in [-0.1, -0.05) is 0 Å². The fourth-order valence-corrected chi connectivity index (χ4v) is 4.72. The highest BCUT2D eigenvalue weighted by molar-refractivity contribution is 5.78. The van der Waals surface area contributed by atoms with Gasteiger partial charge in [-0.3, -0.25) is 4.79 Å². The maximum atomic E-state index is 12.7. The lowest BCUT2D eigenvalue weighted by Crippen LogP contribution is -2.31. The van der Waals surface area contributed by atoms with E-state index in [2.05, 4.69) is 0 Å². The Morgan fingerprint density at radius 3 is 1.97 bits per heavy atom. The summed E-state index contributed by atoms with van der Waals surface area (Å²) >= 11 is 0. The topological polar surface area (TPSA) is 72.5 Å². The van der Waals surface area contributed by atoms with Crippen molar-refractivity contribution in [3.05, 3.63) is 41.0 Å². The van der Waals surface area contributed by atoms with Gasteiger partial charge >= 0.3 is 5.97 Å². The van der Waals surface area contributed by atoms with Crippen molar-refractivity contribution in [2.75, 3.05) is 42.2 Å². The minimum absolute atomic E-state index is 0.0900. The molecular formula is C23H26O7. The number of rotatable bonds is 6. The summed E-state index contributed by atoms with van der Waals surface area (Å²) in [6.07, 6.45) is 0.743. The molecule has 160 valence electrons. The smallest absolute Gasteiger partial charge is 0.310 e. The second kappa shape index (κ2) is 7.97. The van der Waals surface area contributed by atoms with Crippen LogP contribution in [0.2, 0.25) is 0 Å². The van der Waals surface area contributed by atoms with Crippen molar-refractivity contribution in [1.82, 2.24) is 0 Å². The third-order valence-electron chi connectivity index (χ3n) is 6.09. The van der Waals surface area contributed by atoms with Crippen LogP contribution in [0.3, 0.4) is 0 Å². The quantitative estimate of drug-likeness (QED) is 0.672. The number of benzene rings is 2. The van der Waals surface area contributed by atoms with Gasteiger partial charge in [0, 0.05) is 11.8 Å². The summed E-state index contributed by atoms with van der Waals surface area (Å²) in [6.45, 7) is 0.415. The molecule has 0 unspecified atom stereocenters. The Hall–Kier alpha value is -3.09. The van der Waals surface area contributed by atoms with Crippen LogP contribution in [0.15, 0.2) is 24.3 Å². The van der Waals surface area contributed by atoms with Crippen LogP contribution >= 0.6 is 0 Å². The van der Waals surface area contributed by atoms with Crippen molar-refractivity contribution in [3.8, 4) is 28.7 Å². The van der Waals surface area contributed by atoms with Crippen molar-refractivity contribution < 1.29 is 33.2 Å². The molecule has 2 aliphatic rings. The summed E-state index contributed by atoms with van der Waals surface area (Å²) in [5.74, 6) is 2.27. The summed E-state index contributed by atoms with van der Waals surface area (Å²) in [6, 6.07) is 7.77. The molecule has 1 aliphatic heterocycles. The molecule has 0 N–H and O–H groups in total. The average Bonchev–Trinajstić information content (AvgIpc) is 3.15. The molecule has 0 saturated carbocycles. The molecule has 4 rings (SSSR count). The molecule has 0 bridgehead atoms. The van der Waals surface area contributed by atoms with Gasteiger partial charge in [0.05, 0.1) is 48.1 Å². The van der Waals surface area contributed by atoms with E-state index in [9.17, 15) is 4.79 Å². The second-order valence-electron chi connectivity index (χ2n) is 7.46. The van der Waals surface area contributed by atoms with E-state index in [1.807, 2.05) is 24.3 Å². The van der Waals surface area contributed by atoms with E-state index in [0.717, 1.165) is 23.1 Å². The molecule has 0 aromatic heterocycles. The van der Waals surface area contributed by atoms with Crippen LogP contribution in [0.25, 0.3) is 0 Å². The predicted octanol–water partition coefficient (Wildman–Crippen LogP) is 3.21. The van der Waals surface area contributed by atoms with Crippen molar-refractivity contribution >= 4 is 5.97 Å². The fraction of sp³-hybridized carbons (Fsp3) is 0.435. The van der Waals surface area contributed by atoms with Gasteiger partial charge in [0.25, 0.3) is 0 Å². The van der Waals surface area contributed by atoms with Gasteiger partial charge in [-0.25, -0.2) is 0 Å². The highest BCUT2D eigenvalue weighted by Crippen LogP contribution is 2.51. The second-order valence-corrected chi connectivity index (χ2v) is 7.46. The molecule has 1 aliphatic carbocycles. The summed E-state index contributed by atoms with van der Waals surface area (Å²) in [5.41, 5.74) is 3.03. The van der Waals surface area contributed by atoms with Crippen molar-refractivity contribution in [1.29, 1.82) is 0 Å². The standard InChI is InChI=1S/C23H26O7/c1-25-16-7-12-6-14-11-30-23(24)21(14)20(15(12)10-17(16)26-2)13-8-18(27-3)22(29-5)19(9-13)28-4/h7-10,14,20-21H,6,11H2,1-5H3/t14-,20+,21-/m0/s1. The summed E-state index contributed by atoms with van der Waals surface area (Å²) in [4.78, 5) is 12.7. The number of carbonyl (C=O) groups excluding carboxylic acids is 1. The number of carbonyl (C=O) groups is 1. The van der Waals surface area contributed by atoms with Gasteiger partial charge in [-0.2, -0.15) is 0 Å². The first-order chi connectivity index (χ1) is 14.6. The predicted molar refractivity (Wildman–Crippen MR) is 109 cm³/mol. The van der Waals surface area contributed by atoms with E-state index in [-0.39, 0.29) is 23.7 Å². The van der Waals surface area contributed by atoms with Crippen molar-refractivity contribution in [3.63, 3.8) is 0 Å². The Morgan fingerprint density at radius 2 is 1.40 bits per heavy atom. The molecule has 2 aromatic rings. The van der Waals surface area contributed by atoms with Gasteiger partial charge in [0.2, 0.25) is 5.75 Å². The van der Waals surface area contributed by atoms with Crippen molar-refractivity contribution in [2.24, 2.45) is 11.8 Å². The number of cyclic esters (lactones) is 1. The van der Waals surface area contributed by atoms with Crippen LogP contribution < -0.4 is 23.7 Å². The fourth-order valence-electron chi connectivity index (χ4n) is 4.72. The molecule has 3 atom stereocenters. The zero-order chi connectivity index (χ0) is 21.4. The monoisotopic (exact) mass is 414 g/mol. The van der Waals surface area contributed by atoms with Gasteiger partial charge in [0.15, 0.2) is 23.0 Å². The molecule has 1 fully saturated rings. The largest absolute Gasteiger partial charge is 0.493 e. The van der Waals surface area contributed by atoms with E-state index >= 15 is 0 Å². The summed E-state index contributed by atoms with van der Waals surface area (Å²) in [5, 5.41) is 0. The zero-order valence-electron chi connectivity index (χ0n) is 17.8. The number of hydrogen-bond acceptors (Lipinski definition) is 7. The Balaban J connectivity index is 1.94. The molecule has 0 spiro atoms. The lowest BCUT2D eigenvalue weighted by Gasteiger charge is -2.34. The number of esters is 1. The lowest BCUT2D eigenvalue weighted by molar-refractivity contribution is -0.141. The maximum absolute atomic E-state index is 12.7. The molecule has 1 heterocycles. The van der Waals surface area contributed by atoms with Gasteiger partial charge in [-0.05, 0) is 47.4 Å². The van der Waals surface area contributed by atoms with Crippen LogP contribution in [0.5, 0.6) is 28.7 Å². The van der Waals surface area contributed by atoms with Crippen molar-refractivity contribution in [2.45, 2.75) is 12.3 Å². The van der Waals surface area contributed by atoms with Gasteiger partial charge < -0.3 is 28.4 Å². The molecule has 0 radical (unpaired) electrons. The van der Waals surface area contributed by atoms with Crippen LogP contribution in [0, 0.1) is 11.8 Å². The Morgan fingerprint density at radius 1 is 0.800 bits per heavy atom. The van der Waals surface area contributed by atoms with E-state index in [0.29, 0.717) is 35.4 Å². The number of ether oxygens (including phenoxy) is 6. The number of fused-ring (bicyclic) bond motifs is 2. The number of hydrogen-bond donors (Lipinski definition) is 0. The third-order valence-corrected chi connectivity index (χ3v) is 6.09. The van der Waals surface area contributed by atoms with E-state index in [1.165, 1.54) is 0 Å². The maximum Gasteiger partial charge on any atom is 0.310 e. The normalized spacial score (nSPS) is 21.9. The molecule has 2 aromatic carbocycles. The van der Waals surface area contributed by atoms with Crippen LogP contribution in [0.1, 0.15) is 22.6 Å². The average molecular weight is 414 g/mol. The Kier molecular flexibility index (Phi) is 5.37. The lowest BCUT2D eigenvalue weighted by atomic mass is 9.67. The first-order valence-electron chi connectivity index (χ1n) is 9.77. The first kappa shape index (κ1) is 20.2. The van der Waals surface area contributed by atoms with E-state index < -0.39 is 0 Å². The highest BCUT2D eigenvalue weighted by atomic mass is 16.5. The third kappa shape index (κ3) is 3.09. The van der Waals surface area contributed by atoms with E-state index in [4.69, 9.17) is 28.4 Å². The Labute approximate surface area is 175 Å². The van der Waals surface area contributed by atoms with Crippen LogP contribution in [0.4, 0.5) is 0 Å². The van der Waals surface area contributed by atoms with Crippen LogP contribution in [-0.4, -0.2) is 48.1 Å². The molecule has 7 nitrogen and oxygen atoms in total. The zero-order valence-corrected chi connectivity index (χ0v) is 17.8. The van der Waals surface area contributed by atoms with E-state index in [1.54, 1.807) is 35.5 Å². The SMILES string of the molecule is COc1cc2c(cc1OC)[C@@H](c1cc(OC)c(OC)c(OC)c1)[C@H]1C(=O)OC[C@@H]1C2. The molecule has 1 saturated heterocycles. The summed E-state index contributed by atoms with van der Waals surface area (Å²) in [7, 11) is 7.95. The number of methoxy groups -OCH3 is 5. The molecule has 0 amide bonds. The minimum atomic E-state index is -0.293. The summed E-state index contributed by atoms with van der Waals surface area (Å²) < 4.78 is 33.1. The first-order valence-corrected chi connectivity index (χ1v) is 9.77. The molecule has 30 heavy (non-hydrogen) atoms. The highest BCUT2D eigenvalue weighted by Gasteiger charge is 2.48. The minimum Gasteiger partial charge on any atom is -0.493 e. The van der Waals surface area contributed by atoms with Gasteiger partial charge in [0.1, 0.15) is 0 Å². The Bertz CT molecular complexity index is 943. The van der Waals surface area contributed by atoms with Crippen LogP contribution in [-0.2, 0) is 16.0 Å². The molecule has 7 heteroatoms. The van der Waals surface area contributed by atoms with Gasteiger partial charge in [-0.15, -0.1) is 0 Å². The molecular weight excluding hydrogens is 388 g/mol.